The summed E-state index contributed by atoms with van der Waals surface area (Å²) < 4.78 is 108. The number of nitrogens with one attached hydrogen (secondary N) is 3. The lowest BCUT2D eigenvalue weighted by Crippen LogP contribution is -2.50. The maximum atomic E-state index is 12.8. The summed E-state index contributed by atoms with van der Waals surface area (Å²) in [5.74, 6) is 2.00. The topological polar surface area (TPSA) is 351 Å². The van der Waals surface area contributed by atoms with Gasteiger partial charge in [-0.1, -0.05) is 0 Å². The number of hydrogen-bond donors (Lipinski definition) is 6. The van der Waals surface area contributed by atoms with Crippen molar-refractivity contribution in [2.75, 3.05) is 87.8 Å². The molecule has 30 nitrogen and oxygen atoms in total. The van der Waals surface area contributed by atoms with Gasteiger partial charge in [0.25, 0.3) is 0 Å². The molecule has 6 N–H and O–H groups in total. The second kappa shape index (κ2) is 31.9. The van der Waals surface area contributed by atoms with Crippen LogP contribution in [0.5, 0.6) is 0 Å². The third-order valence-corrected chi connectivity index (χ3v) is 22.5. The number of sulfonamides is 1. The third kappa shape index (κ3) is 18.2. The molecule has 5 aliphatic rings. The highest BCUT2D eigenvalue weighted by Gasteiger charge is 2.37. The Bertz CT molecular complexity index is 4650. The first-order chi connectivity index (χ1) is 49.5. The van der Waals surface area contributed by atoms with Crippen molar-refractivity contribution in [1.29, 1.82) is 0 Å². The Morgan fingerprint density at radius 2 is 0.913 bits per heavy atom. The molecule has 5 fully saturated rings. The summed E-state index contributed by atoms with van der Waals surface area (Å²) in [7, 11) is -2.96. The Labute approximate surface area is 601 Å². The maximum absolute atomic E-state index is 12.8. The van der Waals surface area contributed by atoms with Crippen molar-refractivity contribution < 1.29 is 59.6 Å². The molecular formula is C69H95F3N20O10S2. The number of carbonyl (C=O) groups excluding carboxylic acids is 1. The van der Waals surface area contributed by atoms with E-state index >= 15 is 0 Å². The Morgan fingerprint density at radius 3 is 1.27 bits per heavy atom. The van der Waals surface area contributed by atoms with E-state index in [-0.39, 0.29) is 72.6 Å². The number of likely N-dealkylation sites (tertiary alicyclic amines) is 1. The number of amides is 1. The fourth-order valence-corrected chi connectivity index (χ4v) is 15.9. The molecule has 14 rings (SSSR count). The Hall–Kier alpha value is -8.19. The van der Waals surface area contributed by atoms with Crippen LogP contribution in [0.25, 0.3) is 49.9 Å². The number of sulfone groups is 1. The van der Waals surface area contributed by atoms with Crippen LogP contribution < -0.4 is 16.0 Å². The van der Waals surface area contributed by atoms with Crippen LogP contribution in [-0.2, 0) is 40.7 Å². The number of methoxy groups -OCH3 is 2. The lowest BCUT2D eigenvalue weighted by molar-refractivity contribution is -0.136. The summed E-state index contributed by atoms with van der Waals surface area (Å²) >= 11 is 0. The van der Waals surface area contributed by atoms with Crippen molar-refractivity contribution in [3.63, 3.8) is 0 Å². The second-order valence-corrected chi connectivity index (χ2v) is 33.1. The van der Waals surface area contributed by atoms with Gasteiger partial charge in [-0.3, -0.25) is 18.8 Å². The predicted octanol–water partition coefficient (Wildman–Crippen LogP) is 7.74. The van der Waals surface area contributed by atoms with Gasteiger partial charge in [-0.2, -0.15) is 32.8 Å². The molecule has 2 aliphatic heterocycles. The molecule has 1 amide bonds. The number of carbonyl (C=O) groups is 1. The van der Waals surface area contributed by atoms with E-state index in [1.807, 2.05) is 74.2 Å². The first-order valence-corrected chi connectivity index (χ1v) is 39.5. The summed E-state index contributed by atoms with van der Waals surface area (Å²) in [5, 5.41) is 66.9. The Morgan fingerprint density at radius 1 is 0.548 bits per heavy atom. The quantitative estimate of drug-likeness (QED) is 0.0356. The van der Waals surface area contributed by atoms with Crippen LogP contribution in [0.2, 0.25) is 0 Å². The Kier molecular flexibility index (Phi) is 23.1. The first kappa shape index (κ1) is 75.5. The summed E-state index contributed by atoms with van der Waals surface area (Å²) in [4.78, 5) is 26.7. The molecule has 0 unspecified atom stereocenters. The minimum Gasteiger partial charge on any atom is -0.393 e. The zero-order valence-electron chi connectivity index (χ0n) is 59.9. The van der Waals surface area contributed by atoms with E-state index in [9.17, 15) is 50.1 Å². The molecule has 3 aliphatic carbocycles. The molecule has 35 heteroatoms. The van der Waals surface area contributed by atoms with E-state index in [0.29, 0.717) is 81.5 Å². The normalized spacial score (nSPS) is 21.7. The van der Waals surface area contributed by atoms with Gasteiger partial charge >= 0.3 is 6.18 Å². The number of halogens is 3. The van der Waals surface area contributed by atoms with Gasteiger partial charge in [-0.25, -0.2) is 45.3 Å². The number of alkyl halides is 3. The van der Waals surface area contributed by atoms with Crippen molar-refractivity contribution in [2.24, 2.45) is 0 Å². The largest absolute Gasteiger partial charge is 0.393 e. The van der Waals surface area contributed by atoms with Crippen LogP contribution in [0.15, 0.2) is 74.0 Å². The van der Waals surface area contributed by atoms with E-state index in [1.165, 1.54) is 23.7 Å². The van der Waals surface area contributed by atoms with E-state index in [4.69, 9.17) is 19.7 Å². The highest BCUT2D eigenvalue weighted by Crippen LogP contribution is 2.42. The molecule has 0 aromatic carbocycles. The Balaban J connectivity index is 0.000000147. The average molecular weight is 1490 g/mol. The summed E-state index contributed by atoms with van der Waals surface area (Å²) in [6.07, 6.45) is 22.4. The van der Waals surface area contributed by atoms with Crippen LogP contribution in [0.3, 0.4) is 0 Å². The number of hydrogen-bond acceptors (Lipinski definition) is 22. The van der Waals surface area contributed by atoms with Gasteiger partial charge in [0.15, 0.2) is 0 Å². The lowest BCUT2D eigenvalue weighted by Gasteiger charge is -2.38. The first-order valence-electron chi connectivity index (χ1n) is 35.6. The molecule has 9 aromatic heterocycles. The van der Waals surface area contributed by atoms with Crippen molar-refractivity contribution >= 4 is 60.2 Å². The smallest absolute Gasteiger partial charge is 0.391 e. The molecule has 3 saturated carbocycles. The second-order valence-electron chi connectivity index (χ2n) is 28.8. The molecule has 0 spiro atoms. The number of aliphatic hydroxyl groups is 3. The monoisotopic (exact) mass is 1480 g/mol. The van der Waals surface area contributed by atoms with Crippen LogP contribution in [0.1, 0.15) is 158 Å². The van der Waals surface area contributed by atoms with E-state index < -0.39 is 38.5 Å². The third-order valence-electron chi connectivity index (χ3n) is 20.3. The standard InChI is InChI=1S/C24H33N7O3.C23H33N7O4S.C22H29F3N6O3S/c1-15(14-34-3)27-24-25-10-23-21(8-22(31(23)28-24)17-4-6-20(33)7-5-17)18-9-26-30(11-18)19-12-29(13-19)16(2)32;1-15(14-34-2)26-23-24-10-22-20(8-21(30(22)27-23)16-4-6-19(31)7-5-16)17-9-25-29(11-17)18-12-28(13-18)35(3,32)33;1-14(10-22(23,24)25)28-21-26-12-20-18(16-11-27-30(13-16)7-8-35(2,33)34)9-19(31(20)29-21)15-3-5-17(32)6-4-15/h8-11,15,17,19-20,33H,4-7,12-14H2,1-3H3,(H,27,28);8-11,15-16,18-19,31H,4-7,12-14H2,1-3H3,(H,26,27);9,11-15,17,32H,3-8,10H2,1-2H3,(H,28,29)/t15-,17?,20?;15-,16?,19?;14-,15?,17?/m000/s1. The number of rotatable bonds is 23. The van der Waals surface area contributed by atoms with Crippen molar-refractivity contribution in [2.45, 2.75) is 190 Å². The zero-order valence-corrected chi connectivity index (χ0v) is 61.5. The van der Waals surface area contributed by atoms with Crippen molar-refractivity contribution in [1.82, 2.24) is 82.3 Å². The number of anilines is 3. The van der Waals surface area contributed by atoms with Gasteiger partial charge < -0.3 is 45.6 Å². The van der Waals surface area contributed by atoms with E-state index in [2.05, 4.69) is 69.6 Å². The highest BCUT2D eigenvalue weighted by molar-refractivity contribution is 7.90. The van der Waals surface area contributed by atoms with E-state index in [1.54, 1.807) is 48.9 Å². The molecule has 2 saturated heterocycles. The SMILES string of the molecule is COC[C@H](C)Nc1ncc2c(-c3cnn(C4CN(C(C)=O)C4)c3)cc(C3CCC(O)CC3)n2n1.COC[C@H](C)Nc1ncc2c(-c3cnn(C4CN(S(C)(=O)=O)C4)c3)cc(C3CCC(O)CC3)n2n1.C[C@@H](CC(F)(F)F)Nc1ncc2c(-c3cnn(CCS(C)(=O)=O)c3)cc(C3CCC(O)CC3)n2n1. The maximum Gasteiger partial charge on any atom is 0.391 e. The van der Waals surface area contributed by atoms with Gasteiger partial charge in [0, 0.05) is 159 Å². The summed E-state index contributed by atoms with van der Waals surface area (Å²) in [6.45, 7) is 10.7. The molecule has 0 radical (unpaired) electrons. The zero-order chi connectivity index (χ0) is 73.9. The van der Waals surface area contributed by atoms with Crippen LogP contribution in [0.4, 0.5) is 31.0 Å². The predicted molar refractivity (Wildman–Crippen MR) is 384 cm³/mol. The highest BCUT2D eigenvalue weighted by atomic mass is 32.2. The average Bonchev–Trinajstić information content (AvgIpc) is 1.61. The van der Waals surface area contributed by atoms with Gasteiger partial charge in [-0.15, -0.1) is 15.3 Å². The van der Waals surface area contributed by atoms with Gasteiger partial charge in [0.1, 0.15) is 9.84 Å². The number of aryl methyl sites for hydroxylation is 1. The molecule has 3 atom stereocenters. The van der Waals surface area contributed by atoms with E-state index in [0.717, 1.165) is 126 Å². The minimum absolute atomic E-state index is 0.0287. The number of nitrogens with zero attached hydrogens (tertiary/aromatic N) is 17. The fraction of sp³-hybridized carbons (Fsp3) is 0.594. The minimum atomic E-state index is -4.30. The number of fused-ring (bicyclic) bond motifs is 3. The molecule has 564 valence electrons. The van der Waals surface area contributed by atoms with Gasteiger partial charge in [-0.05, 0) is 116 Å². The van der Waals surface area contributed by atoms with Crippen molar-refractivity contribution in [3.05, 3.63) is 91.1 Å². The van der Waals surface area contributed by atoms with Crippen LogP contribution in [-0.4, -0.2) is 235 Å². The fourth-order valence-electron chi connectivity index (χ4n) is 14.5. The van der Waals surface area contributed by atoms with Crippen LogP contribution in [0, 0.1) is 0 Å². The van der Waals surface area contributed by atoms with Crippen molar-refractivity contribution in [3.8, 4) is 33.4 Å². The number of aliphatic hydroxyl groups excluding tert-OH is 3. The lowest BCUT2D eigenvalue weighted by atomic mass is 9.85. The number of ether oxygens (including phenoxy) is 2. The molecule has 11 heterocycles. The van der Waals surface area contributed by atoms with Crippen LogP contribution >= 0.6 is 0 Å². The molecule has 104 heavy (non-hydrogen) atoms. The molecule has 9 aromatic rings. The number of aromatic nitrogens is 15. The van der Waals surface area contributed by atoms with Gasteiger partial charge in [0.05, 0.1) is 122 Å². The molecule has 0 bridgehead atoms. The summed E-state index contributed by atoms with van der Waals surface area (Å²) in [6, 6.07) is 5.84. The van der Waals surface area contributed by atoms with Gasteiger partial charge in [0.2, 0.25) is 33.8 Å². The molecular weight excluding hydrogens is 1390 g/mol. The summed E-state index contributed by atoms with van der Waals surface area (Å²) in [5.41, 5.74) is 11.2.